The highest BCUT2D eigenvalue weighted by Crippen LogP contribution is 2.20. The quantitative estimate of drug-likeness (QED) is 0.796. The molecule has 0 radical (unpaired) electrons. The molecule has 0 bridgehead atoms. The number of aromatic nitrogens is 3. The zero-order chi connectivity index (χ0) is 13.3. The van der Waals surface area contributed by atoms with Crippen molar-refractivity contribution in [1.29, 1.82) is 0 Å². The summed E-state index contributed by atoms with van der Waals surface area (Å²) in [7, 11) is -3.26. The van der Waals surface area contributed by atoms with Crippen molar-refractivity contribution < 1.29 is 8.42 Å². The van der Waals surface area contributed by atoms with Crippen LogP contribution in [0.4, 0.5) is 0 Å². The van der Waals surface area contributed by atoms with Gasteiger partial charge in [-0.3, -0.25) is 0 Å². The van der Waals surface area contributed by atoms with E-state index in [0.717, 1.165) is 16.3 Å². The Morgan fingerprint density at radius 3 is 2.72 bits per heavy atom. The number of alkyl halides is 1. The van der Waals surface area contributed by atoms with Gasteiger partial charge in [0.15, 0.2) is 15.7 Å². The monoisotopic (exact) mass is 349 g/mol. The second kappa shape index (κ2) is 4.99. The second-order valence-corrected chi connectivity index (χ2v) is 6.80. The maximum atomic E-state index is 11.4. The molecule has 96 valence electrons. The van der Waals surface area contributed by atoms with Gasteiger partial charge in [0, 0.05) is 22.8 Å². The molecule has 0 aliphatic carbocycles. The highest BCUT2D eigenvalue weighted by Gasteiger charge is 2.12. The van der Waals surface area contributed by atoms with Crippen LogP contribution in [0.5, 0.6) is 0 Å². The van der Waals surface area contributed by atoms with E-state index < -0.39 is 9.84 Å². The molecule has 0 unspecified atom stereocenters. The van der Waals surface area contributed by atoms with E-state index in [4.69, 9.17) is 11.6 Å². The summed E-state index contributed by atoms with van der Waals surface area (Å²) in [5.74, 6) is 0.847. The summed E-state index contributed by atoms with van der Waals surface area (Å²) in [5.41, 5.74) is 0.859. The Morgan fingerprint density at radius 2 is 2.17 bits per heavy atom. The molecule has 0 N–H and O–H groups in total. The van der Waals surface area contributed by atoms with Crippen molar-refractivity contribution in [3.63, 3.8) is 0 Å². The molecule has 2 heterocycles. The third-order valence-electron chi connectivity index (χ3n) is 2.29. The molecule has 0 saturated heterocycles. The van der Waals surface area contributed by atoms with Gasteiger partial charge in [-0.25, -0.2) is 18.1 Å². The van der Waals surface area contributed by atoms with Crippen molar-refractivity contribution in [2.45, 2.75) is 10.8 Å². The fourth-order valence-electron chi connectivity index (χ4n) is 1.32. The number of pyridine rings is 1. The summed E-state index contributed by atoms with van der Waals surface area (Å²) < 4.78 is 24.9. The van der Waals surface area contributed by atoms with Gasteiger partial charge in [0.1, 0.15) is 4.90 Å². The first kappa shape index (κ1) is 13.5. The molecule has 0 saturated carbocycles. The summed E-state index contributed by atoms with van der Waals surface area (Å²) in [6.07, 6.45) is 5.45. The van der Waals surface area contributed by atoms with Crippen LogP contribution < -0.4 is 0 Å². The first-order chi connectivity index (χ1) is 8.41. The lowest BCUT2D eigenvalue weighted by Crippen LogP contribution is -2.00. The molecule has 0 spiro atoms. The van der Waals surface area contributed by atoms with Gasteiger partial charge in [0.05, 0.1) is 12.4 Å². The first-order valence-electron chi connectivity index (χ1n) is 4.87. The van der Waals surface area contributed by atoms with E-state index >= 15 is 0 Å². The topological polar surface area (TPSA) is 64.8 Å². The number of rotatable bonds is 3. The Balaban J connectivity index is 2.46. The van der Waals surface area contributed by atoms with E-state index in [2.05, 4.69) is 26.0 Å². The molecule has 2 aromatic rings. The third-order valence-corrected chi connectivity index (χ3v) is 4.36. The van der Waals surface area contributed by atoms with E-state index in [1.54, 1.807) is 12.3 Å². The smallest absolute Gasteiger partial charge is 0.178 e. The Kier molecular flexibility index (Phi) is 3.74. The third kappa shape index (κ3) is 2.73. The summed E-state index contributed by atoms with van der Waals surface area (Å²) in [6.45, 7) is 0. The van der Waals surface area contributed by atoms with Gasteiger partial charge >= 0.3 is 0 Å². The van der Waals surface area contributed by atoms with Gasteiger partial charge < -0.3 is 0 Å². The zero-order valence-corrected chi connectivity index (χ0v) is 12.5. The molecule has 5 nitrogen and oxygen atoms in total. The molecule has 0 amide bonds. The van der Waals surface area contributed by atoms with Gasteiger partial charge in [-0.2, -0.15) is 5.10 Å². The van der Waals surface area contributed by atoms with Crippen LogP contribution in [0, 0.1) is 0 Å². The van der Waals surface area contributed by atoms with Crippen molar-refractivity contribution in [2.75, 3.05) is 6.26 Å². The molecule has 0 aliphatic rings. The number of sulfone groups is 1. The average molecular weight is 351 g/mol. The lowest BCUT2D eigenvalue weighted by atomic mass is 10.3. The van der Waals surface area contributed by atoms with E-state index in [1.807, 2.05) is 0 Å². The van der Waals surface area contributed by atoms with E-state index in [0.29, 0.717) is 11.7 Å². The largest absolute Gasteiger partial charge is 0.236 e. The van der Waals surface area contributed by atoms with Crippen LogP contribution in [-0.2, 0) is 15.7 Å². The minimum absolute atomic E-state index is 0.152. The molecule has 0 aliphatic heterocycles. The number of halogens is 2. The zero-order valence-electron chi connectivity index (χ0n) is 9.34. The lowest BCUT2D eigenvalue weighted by molar-refractivity contribution is 0.602. The van der Waals surface area contributed by atoms with Gasteiger partial charge in [-0.05, 0) is 27.6 Å². The Hall–Kier alpha value is -0.920. The molecule has 18 heavy (non-hydrogen) atoms. The summed E-state index contributed by atoms with van der Waals surface area (Å²) in [4.78, 5) is 4.31. The van der Waals surface area contributed by atoms with Crippen LogP contribution in [0.3, 0.4) is 0 Å². The highest BCUT2D eigenvalue weighted by molar-refractivity contribution is 9.10. The van der Waals surface area contributed by atoms with Crippen LogP contribution in [0.15, 0.2) is 34.0 Å². The Labute approximate surface area is 118 Å². The summed E-state index contributed by atoms with van der Waals surface area (Å²) >= 11 is 9.11. The number of hydrogen-bond donors (Lipinski definition) is 0. The molecule has 0 fully saturated rings. The standard InChI is InChI=1S/C10H9BrClN3O2S/c1-18(16,17)8-4-14-15(6-8)10-2-7(3-12)9(11)5-13-10/h2,4-6H,3H2,1H3. The van der Waals surface area contributed by atoms with Gasteiger partial charge in [-0.15, -0.1) is 11.6 Å². The van der Waals surface area contributed by atoms with Crippen LogP contribution in [0.2, 0.25) is 0 Å². The van der Waals surface area contributed by atoms with Crippen molar-refractivity contribution in [3.05, 3.63) is 34.7 Å². The maximum absolute atomic E-state index is 11.4. The van der Waals surface area contributed by atoms with Crippen LogP contribution in [-0.4, -0.2) is 29.4 Å². The predicted octanol–water partition coefficient (Wildman–Crippen LogP) is 2.17. The molecule has 0 atom stereocenters. The molecule has 2 rings (SSSR count). The fourth-order valence-corrected chi connectivity index (χ4v) is 2.59. The van der Waals surface area contributed by atoms with Crippen LogP contribution >= 0.6 is 27.5 Å². The van der Waals surface area contributed by atoms with Gasteiger partial charge in [-0.1, -0.05) is 0 Å². The highest BCUT2D eigenvalue weighted by atomic mass is 79.9. The van der Waals surface area contributed by atoms with Crippen molar-refractivity contribution in [3.8, 4) is 5.82 Å². The summed E-state index contributed by atoms with van der Waals surface area (Å²) in [5, 5.41) is 3.97. The van der Waals surface area contributed by atoms with Gasteiger partial charge in [0.2, 0.25) is 0 Å². The Bertz CT molecular complexity index is 684. The minimum atomic E-state index is -3.26. The normalized spacial score (nSPS) is 11.7. The number of nitrogens with zero attached hydrogens (tertiary/aromatic N) is 3. The first-order valence-corrected chi connectivity index (χ1v) is 8.09. The fraction of sp³-hybridized carbons (Fsp3) is 0.200. The molecule has 2 aromatic heterocycles. The predicted molar refractivity (Wildman–Crippen MR) is 71.7 cm³/mol. The average Bonchev–Trinajstić information content (AvgIpc) is 2.78. The van der Waals surface area contributed by atoms with E-state index in [-0.39, 0.29) is 4.90 Å². The van der Waals surface area contributed by atoms with Crippen molar-refractivity contribution in [1.82, 2.24) is 14.8 Å². The second-order valence-electron chi connectivity index (χ2n) is 3.66. The molecule has 0 aromatic carbocycles. The van der Waals surface area contributed by atoms with Crippen LogP contribution in [0.1, 0.15) is 5.56 Å². The van der Waals surface area contributed by atoms with E-state index in [1.165, 1.54) is 17.1 Å². The minimum Gasteiger partial charge on any atom is -0.236 e. The van der Waals surface area contributed by atoms with Crippen molar-refractivity contribution >= 4 is 37.4 Å². The maximum Gasteiger partial charge on any atom is 0.178 e. The summed E-state index contributed by atoms with van der Waals surface area (Å²) in [6, 6.07) is 1.75. The molecule has 8 heteroatoms. The SMILES string of the molecule is CS(=O)(=O)c1cnn(-c2cc(CCl)c(Br)cn2)c1. The van der Waals surface area contributed by atoms with E-state index in [9.17, 15) is 8.42 Å². The van der Waals surface area contributed by atoms with Crippen molar-refractivity contribution in [2.24, 2.45) is 0 Å². The lowest BCUT2D eigenvalue weighted by Gasteiger charge is -2.04. The Morgan fingerprint density at radius 1 is 1.44 bits per heavy atom. The molecular formula is C10H9BrClN3O2S. The van der Waals surface area contributed by atoms with Crippen LogP contribution in [0.25, 0.3) is 5.82 Å². The van der Waals surface area contributed by atoms with Gasteiger partial charge in [0.25, 0.3) is 0 Å². The number of hydrogen-bond acceptors (Lipinski definition) is 4. The molecular weight excluding hydrogens is 342 g/mol.